The molecule has 1 amide bonds. The third kappa shape index (κ3) is 4.24. The van der Waals surface area contributed by atoms with Crippen molar-refractivity contribution in [1.29, 1.82) is 5.26 Å². The van der Waals surface area contributed by atoms with Gasteiger partial charge < -0.3 is 20.5 Å². The summed E-state index contributed by atoms with van der Waals surface area (Å²) in [6, 6.07) is 1.26. The van der Waals surface area contributed by atoms with Gasteiger partial charge in [-0.1, -0.05) is 11.6 Å². The van der Waals surface area contributed by atoms with Gasteiger partial charge in [0.05, 0.1) is 12.2 Å². The second-order valence-corrected chi connectivity index (χ2v) is 3.90. The maximum absolute atomic E-state index is 10.5. The van der Waals surface area contributed by atoms with E-state index >= 15 is 0 Å². The van der Waals surface area contributed by atoms with Gasteiger partial charge >= 0.3 is 6.09 Å². The smallest absolute Gasteiger partial charge is 0.405 e. The van der Waals surface area contributed by atoms with E-state index < -0.39 is 18.4 Å². The van der Waals surface area contributed by atoms with Crippen molar-refractivity contribution >= 4 is 23.5 Å². The summed E-state index contributed by atoms with van der Waals surface area (Å²) in [4.78, 5) is 18.2. The Hall–Kier alpha value is -2.11. The first kappa shape index (κ1) is 14.9. The fourth-order valence-electron chi connectivity index (χ4n) is 1.32. The second-order valence-electron chi connectivity index (χ2n) is 3.55. The molecule has 0 radical (unpaired) electrons. The molecule has 2 unspecified atom stereocenters. The number of amides is 1. The summed E-state index contributed by atoms with van der Waals surface area (Å²) in [6.07, 6.45) is -0.515. The Labute approximate surface area is 114 Å². The van der Waals surface area contributed by atoms with Crippen molar-refractivity contribution in [2.24, 2.45) is 0 Å². The zero-order chi connectivity index (χ0) is 14.4. The molecule has 1 aromatic heterocycles. The summed E-state index contributed by atoms with van der Waals surface area (Å²) in [7, 11) is 1.41. The van der Waals surface area contributed by atoms with Crippen LogP contribution in [-0.2, 0) is 4.74 Å². The number of hydrogen-bond donors (Lipinski definition) is 3. The number of nitriles is 1. The molecule has 0 spiro atoms. The molecule has 0 bridgehead atoms. The van der Waals surface area contributed by atoms with Gasteiger partial charge in [-0.05, 0) is 6.92 Å². The van der Waals surface area contributed by atoms with Crippen LogP contribution in [0.15, 0.2) is 6.20 Å². The maximum Gasteiger partial charge on any atom is 0.405 e. The van der Waals surface area contributed by atoms with E-state index in [4.69, 9.17) is 26.7 Å². The van der Waals surface area contributed by atoms with Crippen LogP contribution >= 0.6 is 11.6 Å². The third-order valence-corrected chi connectivity index (χ3v) is 2.45. The highest BCUT2D eigenvalue weighted by atomic mass is 35.5. The highest BCUT2D eigenvalue weighted by molar-refractivity contribution is 6.30. The summed E-state index contributed by atoms with van der Waals surface area (Å²) >= 11 is 5.73. The summed E-state index contributed by atoms with van der Waals surface area (Å²) < 4.78 is 5.10. The van der Waals surface area contributed by atoms with Crippen molar-refractivity contribution < 1.29 is 14.6 Å². The topological polar surface area (TPSA) is 120 Å². The molecule has 0 aliphatic carbocycles. The highest BCUT2D eigenvalue weighted by Crippen LogP contribution is 2.14. The summed E-state index contributed by atoms with van der Waals surface area (Å²) in [5.74, 6) is 0.273. The van der Waals surface area contributed by atoms with Crippen LogP contribution in [0.1, 0.15) is 12.6 Å². The fourth-order valence-corrected chi connectivity index (χ4v) is 1.50. The molecular formula is C10H12ClN5O3. The molecule has 3 N–H and O–H groups in total. The van der Waals surface area contributed by atoms with Crippen LogP contribution in [-0.4, -0.2) is 40.5 Å². The van der Waals surface area contributed by atoms with Crippen molar-refractivity contribution in [3.63, 3.8) is 0 Å². The van der Waals surface area contributed by atoms with E-state index in [1.165, 1.54) is 13.3 Å². The lowest BCUT2D eigenvalue weighted by atomic mass is 10.3. The molecule has 0 saturated carbocycles. The van der Waals surface area contributed by atoms with Crippen LogP contribution in [0.3, 0.4) is 0 Å². The SMILES string of the molecule is COC(Nc1cnc(C#N)c(Cl)n1)C(C)NC(=O)O. The largest absolute Gasteiger partial charge is 0.465 e. The Morgan fingerprint density at radius 1 is 1.68 bits per heavy atom. The molecule has 1 rings (SSSR count). The average molecular weight is 286 g/mol. The van der Waals surface area contributed by atoms with E-state index in [0.29, 0.717) is 0 Å². The predicted octanol–water partition coefficient (Wildman–Crippen LogP) is 1.04. The lowest BCUT2D eigenvalue weighted by Gasteiger charge is -2.23. The van der Waals surface area contributed by atoms with Gasteiger partial charge in [-0.2, -0.15) is 5.26 Å². The number of carboxylic acid groups (broad SMARTS) is 1. The number of aromatic nitrogens is 2. The zero-order valence-electron chi connectivity index (χ0n) is 10.2. The predicted molar refractivity (Wildman–Crippen MR) is 66.8 cm³/mol. The Balaban J connectivity index is 2.79. The Bertz CT molecular complexity index is 504. The summed E-state index contributed by atoms with van der Waals surface area (Å²) in [6.45, 7) is 1.62. The summed E-state index contributed by atoms with van der Waals surface area (Å²) in [5, 5.41) is 22.3. The number of carbonyl (C=O) groups is 1. The number of ether oxygens (including phenoxy) is 1. The minimum absolute atomic E-state index is 0.0119. The first-order valence-electron chi connectivity index (χ1n) is 5.19. The number of halogens is 1. The van der Waals surface area contributed by atoms with E-state index in [1.807, 2.05) is 0 Å². The van der Waals surface area contributed by atoms with Gasteiger partial charge in [-0.15, -0.1) is 0 Å². The molecule has 0 aliphatic heterocycles. The Kier molecular flexibility index (Phi) is 5.29. The van der Waals surface area contributed by atoms with Crippen molar-refractivity contribution in [3.8, 4) is 6.07 Å². The average Bonchev–Trinajstić information content (AvgIpc) is 2.35. The molecule has 8 nitrogen and oxygen atoms in total. The van der Waals surface area contributed by atoms with Gasteiger partial charge in [-0.25, -0.2) is 14.8 Å². The van der Waals surface area contributed by atoms with E-state index in [2.05, 4.69) is 20.6 Å². The van der Waals surface area contributed by atoms with Gasteiger partial charge in [0.15, 0.2) is 10.8 Å². The Morgan fingerprint density at radius 2 is 2.37 bits per heavy atom. The summed E-state index contributed by atoms with van der Waals surface area (Å²) in [5.41, 5.74) is 0.0119. The number of rotatable bonds is 5. The van der Waals surface area contributed by atoms with Crippen LogP contribution < -0.4 is 10.6 Å². The van der Waals surface area contributed by atoms with Crippen LogP contribution in [0.5, 0.6) is 0 Å². The van der Waals surface area contributed by atoms with E-state index in [1.54, 1.807) is 13.0 Å². The molecule has 1 aromatic rings. The molecular weight excluding hydrogens is 274 g/mol. The van der Waals surface area contributed by atoms with Crippen molar-refractivity contribution in [3.05, 3.63) is 17.0 Å². The maximum atomic E-state index is 10.5. The van der Waals surface area contributed by atoms with Gasteiger partial charge in [0.1, 0.15) is 18.1 Å². The normalized spacial score (nSPS) is 13.2. The molecule has 102 valence electrons. The van der Waals surface area contributed by atoms with Crippen LogP contribution in [0.4, 0.5) is 10.6 Å². The molecule has 9 heteroatoms. The number of nitrogens with zero attached hydrogens (tertiary/aromatic N) is 3. The van der Waals surface area contributed by atoms with Gasteiger partial charge in [0.25, 0.3) is 0 Å². The molecule has 0 aliphatic rings. The first-order valence-corrected chi connectivity index (χ1v) is 5.57. The highest BCUT2D eigenvalue weighted by Gasteiger charge is 2.19. The van der Waals surface area contributed by atoms with Crippen LogP contribution in [0.2, 0.25) is 5.15 Å². The van der Waals surface area contributed by atoms with Gasteiger partial charge in [0.2, 0.25) is 0 Å². The fraction of sp³-hybridized carbons (Fsp3) is 0.400. The molecule has 0 aromatic carbocycles. The van der Waals surface area contributed by atoms with E-state index in [9.17, 15) is 4.79 Å². The lowest BCUT2D eigenvalue weighted by molar-refractivity contribution is 0.0931. The number of anilines is 1. The molecule has 0 saturated heterocycles. The third-order valence-electron chi connectivity index (χ3n) is 2.19. The zero-order valence-corrected chi connectivity index (χ0v) is 11.0. The molecule has 1 heterocycles. The van der Waals surface area contributed by atoms with Crippen LogP contribution in [0.25, 0.3) is 0 Å². The molecule has 19 heavy (non-hydrogen) atoms. The van der Waals surface area contributed by atoms with E-state index in [-0.39, 0.29) is 16.7 Å². The Morgan fingerprint density at radius 3 is 2.84 bits per heavy atom. The van der Waals surface area contributed by atoms with Gasteiger partial charge in [-0.3, -0.25) is 0 Å². The minimum atomic E-state index is -1.17. The van der Waals surface area contributed by atoms with Crippen LogP contribution in [0, 0.1) is 11.3 Å². The number of methoxy groups -OCH3 is 1. The molecule has 2 atom stereocenters. The monoisotopic (exact) mass is 285 g/mol. The number of hydrogen-bond acceptors (Lipinski definition) is 6. The standard InChI is InChI=1S/C10H12ClN5O3/c1-5(14-10(17)18)9(19-2)16-7-4-13-6(3-12)8(11)15-7/h4-5,9,14H,1-2H3,(H,15,16)(H,17,18). The second kappa shape index (κ2) is 6.72. The quantitative estimate of drug-likeness (QED) is 0.691. The van der Waals surface area contributed by atoms with Gasteiger partial charge in [0, 0.05) is 7.11 Å². The van der Waals surface area contributed by atoms with E-state index in [0.717, 1.165) is 0 Å². The molecule has 0 fully saturated rings. The lowest BCUT2D eigenvalue weighted by Crippen LogP contribution is -2.45. The first-order chi connectivity index (χ1) is 8.97. The van der Waals surface area contributed by atoms with Crippen molar-refractivity contribution in [1.82, 2.24) is 15.3 Å². The minimum Gasteiger partial charge on any atom is -0.465 e. The van der Waals surface area contributed by atoms with Crippen molar-refractivity contribution in [2.45, 2.75) is 19.2 Å². The van der Waals surface area contributed by atoms with Crippen molar-refractivity contribution in [2.75, 3.05) is 12.4 Å². The number of nitrogens with one attached hydrogen (secondary N) is 2.